The van der Waals surface area contributed by atoms with Crippen molar-refractivity contribution in [2.75, 3.05) is 47.5 Å². The number of unbranched alkanes of at least 4 members (excludes halogenated alkanes) is 33. The Kier molecular flexibility index (Phi) is 42.7. The monoisotopic (exact) mass is 854 g/mol. The highest BCUT2D eigenvalue weighted by Crippen LogP contribution is 2.17. The fourth-order valence-corrected chi connectivity index (χ4v) is 7.60. The summed E-state index contributed by atoms with van der Waals surface area (Å²) in [5.41, 5.74) is 0. The molecule has 2 atom stereocenters. The summed E-state index contributed by atoms with van der Waals surface area (Å²) in [5, 5.41) is 11.7. The van der Waals surface area contributed by atoms with Gasteiger partial charge in [-0.2, -0.15) is 0 Å². The molecule has 0 aromatic carbocycles. The van der Waals surface area contributed by atoms with Gasteiger partial charge in [-0.05, 0) is 12.8 Å². The van der Waals surface area contributed by atoms with E-state index < -0.39 is 24.3 Å². The predicted molar refractivity (Wildman–Crippen MR) is 247 cm³/mol. The Hall–Kier alpha value is -1.71. The Morgan fingerprint density at radius 1 is 0.433 bits per heavy atom. The molecule has 0 rings (SSSR count). The van der Waals surface area contributed by atoms with E-state index in [0.717, 1.165) is 38.5 Å². The van der Waals surface area contributed by atoms with Gasteiger partial charge in [0.2, 0.25) is 0 Å². The van der Waals surface area contributed by atoms with Crippen molar-refractivity contribution in [1.29, 1.82) is 0 Å². The smallest absolute Gasteiger partial charge is 0.306 e. The number of carbonyl (C=O) groups excluding carboxylic acids is 3. The molecular formula is C51H99NO8. The molecule has 0 N–H and O–H groups in total. The van der Waals surface area contributed by atoms with Crippen LogP contribution in [0, 0.1) is 0 Å². The van der Waals surface area contributed by atoms with Gasteiger partial charge in [-0.25, -0.2) is 0 Å². The highest BCUT2D eigenvalue weighted by atomic mass is 16.7. The fraction of sp³-hybridized carbons (Fsp3) is 0.941. The van der Waals surface area contributed by atoms with Crippen molar-refractivity contribution >= 4 is 17.9 Å². The first kappa shape index (κ1) is 58.3. The molecule has 0 spiro atoms. The van der Waals surface area contributed by atoms with Crippen molar-refractivity contribution in [2.45, 2.75) is 264 Å². The molecule has 0 aromatic rings. The molecule has 0 aromatic heterocycles. The molecular weight excluding hydrogens is 755 g/mol. The van der Waals surface area contributed by atoms with Crippen molar-refractivity contribution in [3.05, 3.63) is 0 Å². The molecule has 0 aliphatic carbocycles. The molecule has 0 bridgehead atoms. The second-order valence-electron chi connectivity index (χ2n) is 18.8. The maximum atomic E-state index is 12.8. The molecule has 356 valence electrons. The van der Waals surface area contributed by atoms with E-state index in [1.54, 1.807) is 0 Å². The van der Waals surface area contributed by atoms with Crippen LogP contribution in [0.3, 0.4) is 0 Å². The van der Waals surface area contributed by atoms with E-state index >= 15 is 0 Å². The first-order valence-corrected chi connectivity index (χ1v) is 25.7. The SMILES string of the molecule is CCCCCCCCCCCCCCCCCCCCCC(=O)OC(COC(=O)CCCCCCCCCCCCCCCCCC)COC(OCC[N+](C)(C)C)C(=O)[O-]. The van der Waals surface area contributed by atoms with E-state index in [9.17, 15) is 19.5 Å². The molecule has 0 fully saturated rings. The number of ether oxygens (including phenoxy) is 4. The number of rotatable bonds is 48. The molecule has 0 radical (unpaired) electrons. The van der Waals surface area contributed by atoms with E-state index in [1.807, 2.05) is 21.1 Å². The largest absolute Gasteiger partial charge is 0.545 e. The predicted octanol–water partition coefficient (Wildman–Crippen LogP) is 12.7. The number of hydrogen-bond donors (Lipinski definition) is 0. The molecule has 9 heteroatoms. The van der Waals surface area contributed by atoms with Crippen LogP contribution in [0.4, 0.5) is 0 Å². The Morgan fingerprint density at radius 2 is 0.750 bits per heavy atom. The van der Waals surface area contributed by atoms with Gasteiger partial charge in [0, 0.05) is 12.8 Å². The van der Waals surface area contributed by atoms with Crippen LogP contribution in [0.25, 0.3) is 0 Å². The maximum absolute atomic E-state index is 12.8. The number of hydrogen-bond acceptors (Lipinski definition) is 8. The Labute approximate surface area is 371 Å². The number of quaternary nitrogens is 1. The maximum Gasteiger partial charge on any atom is 0.306 e. The van der Waals surface area contributed by atoms with Crippen LogP contribution in [0.2, 0.25) is 0 Å². The molecule has 0 amide bonds. The van der Waals surface area contributed by atoms with Crippen molar-refractivity contribution in [3.63, 3.8) is 0 Å². The van der Waals surface area contributed by atoms with E-state index in [1.165, 1.54) is 186 Å². The van der Waals surface area contributed by atoms with Crippen LogP contribution in [-0.4, -0.2) is 82.3 Å². The van der Waals surface area contributed by atoms with Crippen LogP contribution in [0.5, 0.6) is 0 Å². The average molecular weight is 854 g/mol. The van der Waals surface area contributed by atoms with Crippen LogP contribution in [0.1, 0.15) is 251 Å². The normalized spacial score (nSPS) is 12.8. The summed E-state index contributed by atoms with van der Waals surface area (Å²) in [5.74, 6) is -2.26. The lowest BCUT2D eigenvalue weighted by Crippen LogP contribution is -2.44. The number of aliphatic carboxylic acids is 1. The summed E-state index contributed by atoms with van der Waals surface area (Å²) in [6.07, 6.45) is 42.7. The number of carboxylic acid groups (broad SMARTS) is 1. The van der Waals surface area contributed by atoms with E-state index in [2.05, 4.69) is 13.8 Å². The molecule has 0 aliphatic rings. The number of likely N-dealkylation sites (N-methyl/N-ethyl adjacent to an activating group) is 1. The van der Waals surface area contributed by atoms with Gasteiger partial charge in [-0.3, -0.25) is 9.59 Å². The Morgan fingerprint density at radius 3 is 1.07 bits per heavy atom. The van der Waals surface area contributed by atoms with Crippen LogP contribution in [-0.2, 0) is 33.3 Å². The van der Waals surface area contributed by atoms with Crippen molar-refractivity contribution in [1.82, 2.24) is 0 Å². The van der Waals surface area contributed by atoms with E-state index in [4.69, 9.17) is 18.9 Å². The number of nitrogens with zero attached hydrogens (tertiary/aromatic N) is 1. The fourth-order valence-electron chi connectivity index (χ4n) is 7.60. The van der Waals surface area contributed by atoms with E-state index in [0.29, 0.717) is 17.4 Å². The van der Waals surface area contributed by atoms with Gasteiger partial charge in [0.05, 0.1) is 40.3 Å². The second-order valence-corrected chi connectivity index (χ2v) is 18.8. The second kappa shape index (κ2) is 43.9. The lowest BCUT2D eigenvalue weighted by molar-refractivity contribution is -0.870. The number of carbonyl (C=O) groups is 3. The summed E-state index contributed by atoms with van der Waals surface area (Å²) >= 11 is 0. The summed E-state index contributed by atoms with van der Waals surface area (Å²) in [6, 6.07) is 0. The summed E-state index contributed by atoms with van der Waals surface area (Å²) < 4.78 is 22.6. The standard InChI is InChI=1S/C51H99NO8/c1-6-8-10-12-14-16-18-20-22-24-25-26-28-30-32-34-36-38-40-42-49(54)60-47(46-59-51(50(55)56)57-44-43-52(3,4)5)45-58-48(53)41-39-37-35-33-31-29-27-23-21-19-17-15-13-11-9-7-2/h47,51H,6-46H2,1-5H3. The minimum absolute atomic E-state index is 0.153. The van der Waals surface area contributed by atoms with Gasteiger partial charge in [0.15, 0.2) is 12.4 Å². The van der Waals surface area contributed by atoms with Crippen molar-refractivity contribution in [2.24, 2.45) is 0 Å². The topological polar surface area (TPSA) is 111 Å². The van der Waals surface area contributed by atoms with Gasteiger partial charge in [-0.15, -0.1) is 0 Å². The summed E-state index contributed by atoms with van der Waals surface area (Å²) in [4.78, 5) is 37.1. The van der Waals surface area contributed by atoms with Crippen LogP contribution in [0.15, 0.2) is 0 Å². The molecule has 0 saturated carbocycles. The average Bonchev–Trinajstić information content (AvgIpc) is 3.21. The zero-order chi connectivity index (χ0) is 44.2. The van der Waals surface area contributed by atoms with Gasteiger partial charge < -0.3 is 33.3 Å². The quantitative estimate of drug-likeness (QED) is 0.0257. The highest BCUT2D eigenvalue weighted by molar-refractivity contribution is 5.70. The minimum atomic E-state index is -1.61. The molecule has 2 unspecified atom stereocenters. The lowest BCUT2D eigenvalue weighted by Gasteiger charge is -2.26. The van der Waals surface area contributed by atoms with Crippen LogP contribution < -0.4 is 5.11 Å². The third kappa shape index (κ3) is 44.3. The molecule has 9 nitrogen and oxygen atoms in total. The summed E-state index contributed by atoms with van der Waals surface area (Å²) in [6.45, 7) is 4.80. The van der Waals surface area contributed by atoms with Gasteiger partial charge in [0.25, 0.3) is 0 Å². The first-order chi connectivity index (χ1) is 29.1. The number of carboxylic acids is 1. The zero-order valence-electron chi connectivity index (χ0n) is 40.4. The summed E-state index contributed by atoms with van der Waals surface area (Å²) in [7, 11) is 5.93. The molecule has 0 aliphatic heterocycles. The van der Waals surface area contributed by atoms with Crippen molar-refractivity contribution < 1.29 is 42.9 Å². The van der Waals surface area contributed by atoms with Crippen molar-refractivity contribution in [3.8, 4) is 0 Å². The van der Waals surface area contributed by atoms with Crippen LogP contribution >= 0.6 is 0 Å². The third-order valence-electron chi connectivity index (χ3n) is 11.6. The van der Waals surface area contributed by atoms with Gasteiger partial charge in [-0.1, -0.05) is 226 Å². The Balaban J connectivity index is 4.29. The molecule has 60 heavy (non-hydrogen) atoms. The molecule has 0 heterocycles. The molecule has 0 saturated heterocycles. The Bertz CT molecular complexity index is 954. The third-order valence-corrected chi connectivity index (χ3v) is 11.6. The van der Waals surface area contributed by atoms with Gasteiger partial charge in [0.1, 0.15) is 13.2 Å². The van der Waals surface area contributed by atoms with E-state index in [-0.39, 0.29) is 32.2 Å². The van der Waals surface area contributed by atoms with Gasteiger partial charge >= 0.3 is 11.9 Å². The minimum Gasteiger partial charge on any atom is -0.545 e. The number of esters is 2. The first-order valence-electron chi connectivity index (χ1n) is 25.7. The zero-order valence-corrected chi connectivity index (χ0v) is 40.4. The lowest BCUT2D eigenvalue weighted by atomic mass is 10.0. The highest BCUT2D eigenvalue weighted by Gasteiger charge is 2.22.